The molecule has 3 heterocycles. The van der Waals surface area contributed by atoms with Crippen LogP contribution in [0.3, 0.4) is 0 Å². The van der Waals surface area contributed by atoms with Crippen molar-refractivity contribution in [1.29, 1.82) is 0 Å². The largest absolute Gasteiger partial charge is 0.485 e. The summed E-state index contributed by atoms with van der Waals surface area (Å²) < 4.78 is 17.7. The molecule has 0 N–H and O–H groups in total. The van der Waals surface area contributed by atoms with Crippen molar-refractivity contribution in [3.8, 4) is 5.75 Å². The number of unbranched alkanes of at least 4 members (excludes halogenated alkanes) is 1. The van der Waals surface area contributed by atoms with E-state index in [1.54, 1.807) is 6.92 Å². The van der Waals surface area contributed by atoms with Gasteiger partial charge in [-0.2, -0.15) is 0 Å². The summed E-state index contributed by atoms with van der Waals surface area (Å²) in [6.45, 7) is 5.84. The molecule has 140 valence electrons. The Labute approximate surface area is 156 Å². The number of benzene rings is 1. The average Bonchev–Trinajstić information content (AvgIpc) is 2.64. The highest BCUT2D eigenvalue weighted by Gasteiger charge is 2.26. The molecule has 1 atom stereocenters. The molecule has 0 aliphatic carbocycles. The maximum absolute atomic E-state index is 12.7. The fourth-order valence-electron chi connectivity index (χ4n) is 3.73. The molecule has 3 aromatic rings. The molecule has 1 aromatic carbocycles. The Morgan fingerprint density at radius 2 is 1.85 bits per heavy atom. The molecular weight excluding hydrogens is 344 g/mol. The van der Waals surface area contributed by atoms with E-state index < -0.39 is 5.63 Å². The minimum Gasteiger partial charge on any atom is -0.485 e. The second kappa shape index (κ2) is 6.72. The van der Waals surface area contributed by atoms with Gasteiger partial charge in [0.05, 0.1) is 10.9 Å². The standard InChI is InChI=1S/C22H22O5/c1-4-6-7-14-8-9-15-20(26-14)18-13(5-2)11-17(24)27-22(18)19-16(23)10-12(3)25-21(15)19/h8-11,14H,4-7H2,1-3H3. The van der Waals surface area contributed by atoms with E-state index in [1.807, 2.05) is 19.1 Å². The Kier molecular flexibility index (Phi) is 4.38. The molecule has 5 heteroatoms. The number of rotatable bonds is 4. The van der Waals surface area contributed by atoms with Crippen LogP contribution < -0.4 is 15.8 Å². The van der Waals surface area contributed by atoms with Crippen LogP contribution in [0.1, 0.15) is 50.0 Å². The Bertz CT molecular complexity index is 1180. The molecule has 27 heavy (non-hydrogen) atoms. The molecule has 0 spiro atoms. The number of fused-ring (bicyclic) bond motifs is 6. The highest BCUT2D eigenvalue weighted by atomic mass is 16.5. The van der Waals surface area contributed by atoms with E-state index in [0.29, 0.717) is 34.3 Å². The smallest absolute Gasteiger partial charge is 0.336 e. The molecule has 1 aliphatic heterocycles. The van der Waals surface area contributed by atoms with Crippen LogP contribution >= 0.6 is 0 Å². The van der Waals surface area contributed by atoms with Gasteiger partial charge in [-0.05, 0) is 43.9 Å². The number of ether oxygens (including phenoxy) is 1. The molecule has 4 rings (SSSR count). The summed E-state index contributed by atoms with van der Waals surface area (Å²) in [6.07, 6.45) is 7.60. The molecule has 0 saturated carbocycles. The first-order chi connectivity index (χ1) is 13.0. The Balaban J connectivity index is 2.14. The Morgan fingerprint density at radius 1 is 1.04 bits per heavy atom. The first-order valence-corrected chi connectivity index (χ1v) is 9.45. The maximum Gasteiger partial charge on any atom is 0.336 e. The van der Waals surface area contributed by atoms with Crippen molar-refractivity contribution in [2.45, 2.75) is 52.6 Å². The van der Waals surface area contributed by atoms with Gasteiger partial charge in [0.2, 0.25) is 0 Å². The van der Waals surface area contributed by atoms with E-state index >= 15 is 0 Å². The van der Waals surface area contributed by atoms with Gasteiger partial charge in [-0.25, -0.2) is 4.79 Å². The van der Waals surface area contributed by atoms with Crippen LogP contribution in [0, 0.1) is 6.92 Å². The first-order valence-electron chi connectivity index (χ1n) is 9.45. The van der Waals surface area contributed by atoms with Crippen LogP contribution in [-0.4, -0.2) is 6.10 Å². The highest BCUT2D eigenvalue weighted by Crippen LogP contribution is 2.42. The third kappa shape index (κ3) is 2.87. The zero-order valence-corrected chi connectivity index (χ0v) is 15.8. The monoisotopic (exact) mass is 366 g/mol. The molecule has 0 saturated heterocycles. The van der Waals surface area contributed by atoms with Gasteiger partial charge in [0.15, 0.2) is 16.6 Å². The quantitative estimate of drug-likeness (QED) is 0.493. The minimum absolute atomic E-state index is 0.0498. The fraction of sp³-hybridized carbons (Fsp3) is 0.364. The first kappa shape index (κ1) is 17.6. The Morgan fingerprint density at radius 3 is 2.59 bits per heavy atom. The van der Waals surface area contributed by atoms with Crippen molar-refractivity contribution in [3.63, 3.8) is 0 Å². The Hall–Kier alpha value is -2.82. The third-order valence-corrected chi connectivity index (χ3v) is 5.03. The van der Waals surface area contributed by atoms with E-state index in [2.05, 4.69) is 6.92 Å². The van der Waals surface area contributed by atoms with Crippen LogP contribution in [0.15, 0.2) is 36.6 Å². The fourth-order valence-corrected chi connectivity index (χ4v) is 3.73. The molecule has 5 nitrogen and oxygen atoms in total. The van der Waals surface area contributed by atoms with Crippen molar-refractivity contribution in [2.75, 3.05) is 0 Å². The normalized spacial score (nSPS) is 15.9. The molecule has 1 aliphatic rings. The van der Waals surface area contributed by atoms with Crippen molar-refractivity contribution >= 4 is 28.0 Å². The summed E-state index contributed by atoms with van der Waals surface area (Å²) >= 11 is 0. The van der Waals surface area contributed by atoms with Crippen LogP contribution in [0.5, 0.6) is 5.75 Å². The van der Waals surface area contributed by atoms with E-state index in [4.69, 9.17) is 13.6 Å². The second-order valence-corrected chi connectivity index (χ2v) is 6.97. The predicted octanol–water partition coefficient (Wildman–Crippen LogP) is 4.73. The zero-order valence-electron chi connectivity index (χ0n) is 15.8. The van der Waals surface area contributed by atoms with Crippen LogP contribution in [0.2, 0.25) is 0 Å². The topological polar surface area (TPSA) is 69.7 Å². The highest BCUT2D eigenvalue weighted by molar-refractivity contribution is 6.10. The van der Waals surface area contributed by atoms with E-state index in [1.165, 1.54) is 12.1 Å². The van der Waals surface area contributed by atoms with Crippen LogP contribution in [0.4, 0.5) is 0 Å². The van der Waals surface area contributed by atoms with Gasteiger partial charge in [-0.3, -0.25) is 4.79 Å². The summed E-state index contributed by atoms with van der Waals surface area (Å²) in [6, 6.07) is 2.90. The molecular formula is C22H22O5. The lowest BCUT2D eigenvalue weighted by Gasteiger charge is -2.24. The lowest BCUT2D eigenvalue weighted by atomic mass is 9.97. The lowest BCUT2D eigenvalue weighted by molar-refractivity contribution is 0.234. The number of hydrogen-bond donors (Lipinski definition) is 0. The number of hydrogen-bond acceptors (Lipinski definition) is 5. The average molecular weight is 366 g/mol. The molecule has 0 fully saturated rings. The number of aryl methyl sites for hydroxylation is 2. The molecule has 0 amide bonds. The van der Waals surface area contributed by atoms with E-state index in [0.717, 1.165) is 30.4 Å². The predicted molar refractivity (Wildman–Crippen MR) is 106 cm³/mol. The minimum atomic E-state index is -0.477. The second-order valence-electron chi connectivity index (χ2n) is 6.97. The summed E-state index contributed by atoms with van der Waals surface area (Å²) in [5.74, 6) is 1.14. The van der Waals surface area contributed by atoms with Gasteiger partial charge < -0.3 is 13.6 Å². The lowest BCUT2D eigenvalue weighted by Crippen LogP contribution is -2.18. The zero-order chi connectivity index (χ0) is 19.1. The van der Waals surface area contributed by atoms with Crippen molar-refractivity contribution in [2.24, 2.45) is 0 Å². The molecule has 0 radical (unpaired) electrons. The van der Waals surface area contributed by atoms with E-state index in [9.17, 15) is 9.59 Å². The van der Waals surface area contributed by atoms with Crippen LogP contribution in [0.25, 0.3) is 28.0 Å². The summed E-state index contributed by atoms with van der Waals surface area (Å²) in [5, 5.41) is 0.989. The van der Waals surface area contributed by atoms with Crippen molar-refractivity contribution < 1.29 is 13.6 Å². The van der Waals surface area contributed by atoms with Gasteiger partial charge in [0.1, 0.15) is 23.0 Å². The summed E-state index contributed by atoms with van der Waals surface area (Å²) in [5.41, 5.74) is 1.50. The van der Waals surface area contributed by atoms with Gasteiger partial charge >= 0.3 is 5.63 Å². The van der Waals surface area contributed by atoms with Crippen LogP contribution in [-0.2, 0) is 6.42 Å². The van der Waals surface area contributed by atoms with Gasteiger partial charge in [0, 0.05) is 12.1 Å². The van der Waals surface area contributed by atoms with Crippen molar-refractivity contribution in [3.05, 3.63) is 55.7 Å². The van der Waals surface area contributed by atoms with Gasteiger partial charge in [-0.1, -0.05) is 20.3 Å². The van der Waals surface area contributed by atoms with Gasteiger partial charge in [0.25, 0.3) is 0 Å². The molecule has 1 unspecified atom stereocenters. The SMILES string of the molecule is CCCCC1C=Cc2c(c3c(CC)cc(=O)oc3c3c(=O)cc(C)oc23)O1. The summed E-state index contributed by atoms with van der Waals surface area (Å²) in [7, 11) is 0. The molecule has 0 bridgehead atoms. The molecule has 2 aromatic heterocycles. The summed E-state index contributed by atoms with van der Waals surface area (Å²) in [4.78, 5) is 24.8. The van der Waals surface area contributed by atoms with E-state index in [-0.39, 0.29) is 17.1 Å². The third-order valence-electron chi connectivity index (χ3n) is 5.03. The van der Waals surface area contributed by atoms with Gasteiger partial charge in [-0.15, -0.1) is 0 Å². The maximum atomic E-state index is 12.7. The van der Waals surface area contributed by atoms with Crippen molar-refractivity contribution in [1.82, 2.24) is 0 Å².